The van der Waals surface area contributed by atoms with Gasteiger partial charge in [0.2, 0.25) is 0 Å². The monoisotopic (exact) mass is 454 g/mol. The molecule has 0 aromatic carbocycles. The first-order valence-electron chi connectivity index (χ1n) is 11.8. The maximum Gasteiger partial charge on any atom is 0.331 e. The third-order valence-electron chi connectivity index (χ3n) is 5.90. The van der Waals surface area contributed by atoms with E-state index in [0.29, 0.717) is 18.8 Å². The van der Waals surface area contributed by atoms with Crippen LogP contribution in [0.3, 0.4) is 0 Å². The van der Waals surface area contributed by atoms with Crippen LogP contribution in [-0.2, 0) is 19.1 Å². The van der Waals surface area contributed by atoms with Crippen LogP contribution in [0.4, 0.5) is 0 Å². The lowest BCUT2D eigenvalue weighted by atomic mass is 9.88. The number of ether oxygens (including phenoxy) is 2. The Bertz CT molecular complexity index is 858. The van der Waals surface area contributed by atoms with E-state index in [1.54, 1.807) is 6.08 Å². The summed E-state index contributed by atoms with van der Waals surface area (Å²) >= 11 is 0. The van der Waals surface area contributed by atoms with Crippen molar-refractivity contribution in [2.45, 2.75) is 78.3 Å². The van der Waals surface area contributed by atoms with Crippen molar-refractivity contribution < 1.29 is 24.2 Å². The summed E-state index contributed by atoms with van der Waals surface area (Å²) in [7, 11) is 0. The molecule has 0 aromatic heterocycles. The highest BCUT2D eigenvalue weighted by molar-refractivity contribution is 5.93. The van der Waals surface area contributed by atoms with Gasteiger partial charge in [-0.25, -0.2) is 4.79 Å². The standard InChI is InChI=1S/C28H38O5/c1-6-9-26-22(5)25(30)18-27(33-26)24(29)12-7-10-19(2)16-21(4)17-20(3)14-15-23-11-8-13-28(31)32-23/h6-10,12-15,17,21-23,25-27,30H,11,16,18H2,1-5H3/b9-6+,12-7+,15-14+,19-10+,20-17-/t21-,22?,23-,25-,26+,27+/m1/s1. The fourth-order valence-corrected chi connectivity index (χ4v) is 4.08. The SMILES string of the molecule is C/C=C/[C@@H]1O[C@H](C(=O)/C=C/C=C(\C)C[C@@H](C)/C=C(C)\C=C\[C@H]2CC=CC(=O)O2)C[C@@H](O)C1C. The van der Waals surface area contributed by atoms with Crippen molar-refractivity contribution in [1.82, 2.24) is 0 Å². The lowest BCUT2D eigenvalue weighted by Gasteiger charge is -2.35. The van der Waals surface area contributed by atoms with E-state index < -0.39 is 12.2 Å². The van der Waals surface area contributed by atoms with E-state index in [9.17, 15) is 14.7 Å². The van der Waals surface area contributed by atoms with E-state index in [0.717, 1.165) is 17.6 Å². The average molecular weight is 455 g/mol. The number of cyclic esters (lactones) is 1. The topological polar surface area (TPSA) is 72.8 Å². The van der Waals surface area contributed by atoms with Crippen LogP contribution in [0.5, 0.6) is 0 Å². The lowest BCUT2D eigenvalue weighted by Crippen LogP contribution is -2.44. The summed E-state index contributed by atoms with van der Waals surface area (Å²) in [5.74, 6) is -0.120. The molecule has 0 radical (unpaired) electrons. The second kappa shape index (κ2) is 13.3. The highest BCUT2D eigenvalue weighted by Crippen LogP contribution is 2.27. The van der Waals surface area contributed by atoms with Gasteiger partial charge in [-0.3, -0.25) is 4.79 Å². The average Bonchev–Trinajstić information content (AvgIpc) is 2.75. The predicted octanol–water partition coefficient (Wildman–Crippen LogP) is 5.19. The highest BCUT2D eigenvalue weighted by Gasteiger charge is 2.35. The van der Waals surface area contributed by atoms with Gasteiger partial charge in [-0.1, -0.05) is 67.5 Å². The number of allylic oxidation sites excluding steroid dienone is 7. The molecule has 0 aromatic rings. The van der Waals surface area contributed by atoms with Gasteiger partial charge in [-0.2, -0.15) is 0 Å². The third-order valence-corrected chi connectivity index (χ3v) is 5.90. The molecular weight excluding hydrogens is 416 g/mol. The minimum absolute atomic E-state index is 0.0289. The summed E-state index contributed by atoms with van der Waals surface area (Å²) in [5, 5.41) is 10.3. The Hall–Kier alpha value is -2.50. The third kappa shape index (κ3) is 9.10. The van der Waals surface area contributed by atoms with Gasteiger partial charge < -0.3 is 14.6 Å². The Morgan fingerprint density at radius 1 is 1.27 bits per heavy atom. The normalized spacial score (nSPS) is 30.4. The second-order valence-electron chi connectivity index (χ2n) is 9.12. The number of aliphatic hydroxyl groups is 1. The quantitative estimate of drug-likeness (QED) is 0.225. The zero-order valence-corrected chi connectivity index (χ0v) is 20.4. The van der Waals surface area contributed by atoms with Crippen LogP contribution in [-0.4, -0.2) is 41.3 Å². The van der Waals surface area contributed by atoms with E-state index >= 15 is 0 Å². The van der Waals surface area contributed by atoms with Crippen molar-refractivity contribution in [3.8, 4) is 0 Å². The Balaban J connectivity index is 1.85. The molecule has 6 atom stereocenters. The van der Waals surface area contributed by atoms with E-state index in [4.69, 9.17) is 9.47 Å². The zero-order chi connectivity index (χ0) is 24.4. The molecule has 0 aliphatic carbocycles. The Labute approximate surface area is 198 Å². The first-order valence-corrected chi connectivity index (χ1v) is 11.8. The zero-order valence-electron chi connectivity index (χ0n) is 20.4. The van der Waals surface area contributed by atoms with Gasteiger partial charge in [0.25, 0.3) is 0 Å². The molecule has 2 rings (SSSR count). The van der Waals surface area contributed by atoms with Crippen molar-refractivity contribution in [3.63, 3.8) is 0 Å². The second-order valence-corrected chi connectivity index (χ2v) is 9.12. The number of carbonyl (C=O) groups excluding carboxylic acids is 2. The molecule has 2 aliphatic heterocycles. The molecule has 1 fully saturated rings. The van der Waals surface area contributed by atoms with Crippen molar-refractivity contribution in [3.05, 3.63) is 71.9 Å². The smallest absolute Gasteiger partial charge is 0.331 e. The Morgan fingerprint density at radius 3 is 2.73 bits per heavy atom. The summed E-state index contributed by atoms with van der Waals surface area (Å²) in [6.07, 6.45) is 18.7. The minimum atomic E-state index is -0.613. The molecule has 2 aliphatic rings. The first kappa shape index (κ1) is 26.7. The fourth-order valence-electron chi connectivity index (χ4n) is 4.08. The molecule has 0 saturated carbocycles. The molecule has 0 amide bonds. The lowest BCUT2D eigenvalue weighted by molar-refractivity contribution is -0.146. The summed E-state index contributed by atoms with van der Waals surface area (Å²) in [4.78, 5) is 23.8. The number of carbonyl (C=O) groups is 2. The molecular formula is C28H38O5. The molecule has 33 heavy (non-hydrogen) atoms. The molecule has 0 spiro atoms. The van der Waals surface area contributed by atoms with E-state index in [2.05, 4.69) is 13.0 Å². The largest absolute Gasteiger partial charge is 0.455 e. The van der Waals surface area contributed by atoms with Crippen LogP contribution in [0.25, 0.3) is 0 Å². The summed E-state index contributed by atoms with van der Waals surface area (Å²) in [6.45, 7) is 10.1. The van der Waals surface area contributed by atoms with Gasteiger partial charge in [0.05, 0.1) is 12.2 Å². The highest BCUT2D eigenvalue weighted by atomic mass is 16.5. The van der Waals surface area contributed by atoms with E-state index in [-0.39, 0.29) is 29.9 Å². The fraction of sp³-hybridized carbons (Fsp3) is 0.500. The number of hydrogen-bond acceptors (Lipinski definition) is 5. The predicted molar refractivity (Wildman–Crippen MR) is 131 cm³/mol. The number of esters is 1. The maximum atomic E-state index is 12.5. The minimum Gasteiger partial charge on any atom is -0.455 e. The van der Waals surface area contributed by atoms with Crippen molar-refractivity contribution >= 4 is 11.8 Å². The molecule has 1 saturated heterocycles. The van der Waals surface area contributed by atoms with Gasteiger partial charge in [0, 0.05) is 24.8 Å². The summed E-state index contributed by atoms with van der Waals surface area (Å²) < 4.78 is 11.1. The molecule has 2 heterocycles. The van der Waals surface area contributed by atoms with Gasteiger partial charge in [-0.05, 0) is 45.3 Å². The van der Waals surface area contributed by atoms with E-state index in [1.807, 2.05) is 64.2 Å². The van der Waals surface area contributed by atoms with Gasteiger partial charge in [0.15, 0.2) is 5.78 Å². The molecule has 1 unspecified atom stereocenters. The van der Waals surface area contributed by atoms with Crippen LogP contribution in [0.15, 0.2) is 71.9 Å². The van der Waals surface area contributed by atoms with Gasteiger partial charge in [0.1, 0.15) is 12.2 Å². The van der Waals surface area contributed by atoms with E-state index in [1.165, 1.54) is 12.2 Å². The summed E-state index contributed by atoms with van der Waals surface area (Å²) in [6, 6.07) is 0. The molecule has 180 valence electrons. The summed E-state index contributed by atoms with van der Waals surface area (Å²) in [5.41, 5.74) is 2.28. The number of hydrogen-bond donors (Lipinski definition) is 1. The number of aliphatic hydroxyl groups excluding tert-OH is 1. The van der Waals surface area contributed by atoms with Crippen molar-refractivity contribution in [2.24, 2.45) is 11.8 Å². The van der Waals surface area contributed by atoms with Crippen molar-refractivity contribution in [1.29, 1.82) is 0 Å². The van der Waals surface area contributed by atoms with Crippen LogP contribution >= 0.6 is 0 Å². The van der Waals surface area contributed by atoms with Crippen LogP contribution in [0, 0.1) is 11.8 Å². The first-order chi connectivity index (χ1) is 15.7. The molecule has 5 nitrogen and oxygen atoms in total. The Kier molecular flexibility index (Phi) is 10.8. The van der Waals surface area contributed by atoms with Crippen LogP contribution in [0.2, 0.25) is 0 Å². The van der Waals surface area contributed by atoms with Crippen LogP contribution in [0.1, 0.15) is 53.9 Å². The molecule has 0 bridgehead atoms. The number of ketones is 1. The van der Waals surface area contributed by atoms with Crippen molar-refractivity contribution in [2.75, 3.05) is 0 Å². The van der Waals surface area contributed by atoms with Crippen LogP contribution < -0.4 is 0 Å². The van der Waals surface area contributed by atoms with Gasteiger partial charge >= 0.3 is 5.97 Å². The van der Waals surface area contributed by atoms with Gasteiger partial charge in [-0.15, -0.1) is 0 Å². The maximum absolute atomic E-state index is 12.5. The Morgan fingerprint density at radius 2 is 2.03 bits per heavy atom. The molecule has 5 heteroatoms. The molecule has 1 N–H and O–H groups in total. The number of rotatable bonds is 9.